The molecule has 0 aromatic heterocycles. The molecule has 2 nitrogen and oxygen atoms in total. The summed E-state index contributed by atoms with van der Waals surface area (Å²) in [5, 5.41) is 9.95. The molecule has 100 valence electrons. The molecule has 0 spiro atoms. The molecule has 2 atom stereocenters. The highest BCUT2D eigenvalue weighted by Crippen LogP contribution is 2.36. The van der Waals surface area contributed by atoms with Crippen LogP contribution in [0.15, 0.2) is 24.3 Å². The average molecular weight is 248 g/mol. The Labute approximate surface area is 110 Å². The largest absolute Gasteiger partial charge is 0.493 e. The smallest absolute Gasteiger partial charge is 0.122 e. The van der Waals surface area contributed by atoms with Crippen molar-refractivity contribution in [3.63, 3.8) is 0 Å². The first-order valence-corrected chi connectivity index (χ1v) is 7.21. The van der Waals surface area contributed by atoms with Gasteiger partial charge in [0.25, 0.3) is 0 Å². The Morgan fingerprint density at radius 1 is 1.22 bits per heavy atom. The number of rotatable bonds is 4. The normalized spacial score (nSPS) is 24.6. The van der Waals surface area contributed by atoms with Crippen LogP contribution in [0.25, 0.3) is 0 Å². The molecule has 1 aromatic rings. The molecule has 1 saturated carbocycles. The second-order valence-corrected chi connectivity index (χ2v) is 5.26. The summed E-state index contributed by atoms with van der Waals surface area (Å²) < 4.78 is 5.83. The van der Waals surface area contributed by atoms with Crippen molar-refractivity contribution in [2.75, 3.05) is 6.61 Å². The second kappa shape index (κ2) is 6.79. The number of para-hydroxylation sites is 1. The van der Waals surface area contributed by atoms with E-state index in [4.69, 9.17) is 4.74 Å². The van der Waals surface area contributed by atoms with E-state index in [1.807, 2.05) is 6.07 Å². The summed E-state index contributed by atoms with van der Waals surface area (Å²) in [7, 11) is 0. The fraction of sp³-hybridized carbons (Fsp3) is 0.625. The summed E-state index contributed by atoms with van der Waals surface area (Å²) in [6.07, 6.45) is 6.25. The van der Waals surface area contributed by atoms with Crippen LogP contribution in [-0.2, 0) is 0 Å². The Balaban J connectivity index is 2.14. The van der Waals surface area contributed by atoms with Crippen molar-refractivity contribution in [3.05, 3.63) is 29.8 Å². The molecule has 2 rings (SSSR count). The monoisotopic (exact) mass is 248 g/mol. The van der Waals surface area contributed by atoms with Gasteiger partial charge >= 0.3 is 0 Å². The maximum absolute atomic E-state index is 9.95. The van der Waals surface area contributed by atoms with E-state index in [1.165, 1.54) is 18.4 Å². The van der Waals surface area contributed by atoms with E-state index >= 15 is 0 Å². The second-order valence-electron chi connectivity index (χ2n) is 5.26. The predicted octanol–water partition coefficient (Wildman–Crippen LogP) is 3.88. The fourth-order valence-corrected chi connectivity index (χ4v) is 2.78. The van der Waals surface area contributed by atoms with Crippen LogP contribution in [0.5, 0.6) is 5.75 Å². The zero-order valence-corrected chi connectivity index (χ0v) is 11.3. The van der Waals surface area contributed by atoms with E-state index in [0.29, 0.717) is 5.92 Å². The van der Waals surface area contributed by atoms with Crippen LogP contribution in [-0.4, -0.2) is 17.8 Å². The van der Waals surface area contributed by atoms with Gasteiger partial charge in [-0.15, -0.1) is 0 Å². The number of ether oxygens (including phenoxy) is 1. The van der Waals surface area contributed by atoms with Crippen molar-refractivity contribution in [2.45, 2.75) is 57.5 Å². The molecule has 0 aliphatic heterocycles. The number of benzene rings is 1. The van der Waals surface area contributed by atoms with Crippen LogP contribution in [0.1, 0.15) is 56.9 Å². The lowest BCUT2D eigenvalue weighted by molar-refractivity contribution is 0.151. The molecule has 1 N–H and O–H groups in total. The standard InChI is InChI=1S/C16H24O2/c1-2-11-18-16-10-6-5-9-15(16)13-7-3-4-8-14(17)12-13/h5-6,9-10,13-14,17H,2-4,7-8,11-12H2,1H3. The van der Waals surface area contributed by atoms with Crippen molar-refractivity contribution < 1.29 is 9.84 Å². The molecular formula is C16H24O2. The first kappa shape index (κ1) is 13.4. The molecule has 0 bridgehead atoms. The number of aliphatic hydroxyl groups excluding tert-OH is 1. The summed E-state index contributed by atoms with van der Waals surface area (Å²) >= 11 is 0. The summed E-state index contributed by atoms with van der Waals surface area (Å²) in [5.74, 6) is 1.47. The highest BCUT2D eigenvalue weighted by Gasteiger charge is 2.22. The predicted molar refractivity (Wildman–Crippen MR) is 74.1 cm³/mol. The lowest BCUT2D eigenvalue weighted by Gasteiger charge is -2.20. The molecule has 1 aliphatic rings. The van der Waals surface area contributed by atoms with Gasteiger partial charge in [0.1, 0.15) is 5.75 Å². The lowest BCUT2D eigenvalue weighted by atomic mass is 9.90. The Bertz CT molecular complexity index is 362. The van der Waals surface area contributed by atoms with Crippen LogP contribution < -0.4 is 4.74 Å². The van der Waals surface area contributed by atoms with Crippen LogP contribution in [0.3, 0.4) is 0 Å². The van der Waals surface area contributed by atoms with Gasteiger partial charge in [0.15, 0.2) is 0 Å². The van der Waals surface area contributed by atoms with Gasteiger partial charge in [-0.25, -0.2) is 0 Å². The Morgan fingerprint density at radius 3 is 2.83 bits per heavy atom. The Morgan fingerprint density at radius 2 is 2.00 bits per heavy atom. The minimum atomic E-state index is -0.142. The minimum absolute atomic E-state index is 0.142. The van der Waals surface area contributed by atoms with Crippen LogP contribution in [0, 0.1) is 0 Å². The lowest BCUT2D eigenvalue weighted by Crippen LogP contribution is -2.10. The van der Waals surface area contributed by atoms with Gasteiger partial charge in [-0.05, 0) is 43.2 Å². The third-order valence-corrected chi connectivity index (χ3v) is 3.72. The zero-order valence-electron chi connectivity index (χ0n) is 11.3. The van der Waals surface area contributed by atoms with E-state index < -0.39 is 0 Å². The van der Waals surface area contributed by atoms with Gasteiger partial charge in [-0.3, -0.25) is 0 Å². The molecule has 1 fully saturated rings. The van der Waals surface area contributed by atoms with E-state index in [1.54, 1.807) is 0 Å². The van der Waals surface area contributed by atoms with Gasteiger partial charge in [-0.2, -0.15) is 0 Å². The first-order valence-electron chi connectivity index (χ1n) is 7.21. The summed E-state index contributed by atoms with van der Waals surface area (Å²) in [6, 6.07) is 8.32. The fourth-order valence-electron chi connectivity index (χ4n) is 2.78. The van der Waals surface area contributed by atoms with Crippen molar-refractivity contribution in [1.82, 2.24) is 0 Å². The van der Waals surface area contributed by atoms with Gasteiger partial charge in [0.2, 0.25) is 0 Å². The van der Waals surface area contributed by atoms with Crippen molar-refractivity contribution in [3.8, 4) is 5.75 Å². The van der Waals surface area contributed by atoms with Crippen molar-refractivity contribution in [2.24, 2.45) is 0 Å². The van der Waals surface area contributed by atoms with E-state index in [0.717, 1.165) is 38.0 Å². The summed E-state index contributed by atoms with van der Waals surface area (Å²) in [4.78, 5) is 0. The maximum Gasteiger partial charge on any atom is 0.122 e. The quantitative estimate of drug-likeness (QED) is 0.819. The van der Waals surface area contributed by atoms with Gasteiger partial charge in [-0.1, -0.05) is 38.0 Å². The van der Waals surface area contributed by atoms with Crippen LogP contribution in [0.4, 0.5) is 0 Å². The van der Waals surface area contributed by atoms with Gasteiger partial charge in [0, 0.05) is 0 Å². The van der Waals surface area contributed by atoms with Gasteiger partial charge in [0.05, 0.1) is 12.7 Å². The first-order chi connectivity index (χ1) is 8.81. The molecular weight excluding hydrogens is 224 g/mol. The van der Waals surface area contributed by atoms with Crippen molar-refractivity contribution in [1.29, 1.82) is 0 Å². The molecule has 1 aliphatic carbocycles. The molecule has 18 heavy (non-hydrogen) atoms. The molecule has 0 saturated heterocycles. The molecule has 1 aromatic carbocycles. The Kier molecular flexibility index (Phi) is 5.06. The summed E-state index contributed by atoms with van der Waals surface area (Å²) in [6.45, 7) is 2.89. The third-order valence-electron chi connectivity index (χ3n) is 3.72. The SMILES string of the molecule is CCCOc1ccccc1C1CCCCC(O)C1. The summed E-state index contributed by atoms with van der Waals surface area (Å²) in [5.41, 5.74) is 1.28. The van der Waals surface area contributed by atoms with Crippen LogP contribution >= 0.6 is 0 Å². The van der Waals surface area contributed by atoms with Crippen molar-refractivity contribution >= 4 is 0 Å². The molecule has 0 radical (unpaired) electrons. The Hall–Kier alpha value is -1.02. The minimum Gasteiger partial charge on any atom is -0.493 e. The molecule has 2 heteroatoms. The van der Waals surface area contributed by atoms with E-state index in [2.05, 4.69) is 25.1 Å². The van der Waals surface area contributed by atoms with Gasteiger partial charge < -0.3 is 9.84 Å². The highest BCUT2D eigenvalue weighted by molar-refractivity contribution is 5.36. The topological polar surface area (TPSA) is 29.5 Å². The maximum atomic E-state index is 9.95. The molecule has 2 unspecified atom stereocenters. The highest BCUT2D eigenvalue weighted by atomic mass is 16.5. The number of hydrogen-bond acceptors (Lipinski definition) is 2. The molecule has 0 heterocycles. The van der Waals surface area contributed by atoms with E-state index in [9.17, 15) is 5.11 Å². The average Bonchev–Trinajstić information content (AvgIpc) is 2.61. The zero-order chi connectivity index (χ0) is 12.8. The van der Waals surface area contributed by atoms with Crippen LogP contribution in [0.2, 0.25) is 0 Å². The van der Waals surface area contributed by atoms with E-state index in [-0.39, 0.29) is 6.10 Å². The number of hydrogen-bond donors (Lipinski definition) is 1. The molecule has 0 amide bonds. The third kappa shape index (κ3) is 3.49. The number of aliphatic hydroxyl groups is 1.